The number of rotatable bonds is 7. The molecule has 1 aromatic carbocycles. The lowest BCUT2D eigenvalue weighted by Crippen LogP contribution is -2.54. The minimum Gasteiger partial charge on any atom is -0.482 e. The largest absolute Gasteiger partial charge is 0.482 e. The predicted molar refractivity (Wildman–Crippen MR) is 97.3 cm³/mol. The lowest BCUT2D eigenvalue weighted by Gasteiger charge is -2.43. The third-order valence-electron chi connectivity index (χ3n) is 4.52. The smallest absolute Gasteiger partial charge is 0.255 e. The Hall–Kier alpha value is -1.30. The van der Waals surface area contributed by atoms with Gasteiger partial charge in [0.05, 0.1) is 5.02 Å². The van der Waals surface area contributed by atoms with Crippen molar-refractivity contribution in [2.45, 2.75) is 45.8 Å². The van der Waals surface area contributed by atoms with Crippen LogP contribution in [0.5, 0.6) is 5.75 Å². The molecule has 1 aliphatic heterocycles. The summed E-state index contributed by atoms with van der Waals surface area (Å²) in [6.45, 7) is 10.7. The van der Waals surface area contributed by atoms with Crippen LogP contribution in [0.1, 0.15) is 32.8 Å². The van der Waals surface area contributed by atoms with Crippen LogP contribution in [0.3, 0.4) is 0 Å². The van der Waals surface area contributed by atoms with Crippen molar-refractivity contribution in [3.63, 3.8) is 0 Å². The van der Waals surface area contributed by atoms with E-state index in [9.17, 15) is 4.79 Å². The van der Waals surface area contributed by atoms with E-state index in [2.05, 4.69) is 30.6 Å². The number of primary amides is 1. The number of halogens is 1. The van der Waals surface area contributed by atoms with Gasteiger partial charge in [-0.2, -0.15) is 0 Å². The summed E-state index contributed by atoms with van der Waals surface area (Å²) in [6, 6.07) is 6.91. The highest BCUT2D eigenvalue weighted by atomic mass is 35.5. The van der Waals surface area contributed by atoms with Crippen LogP contribution in [0.4, 0.5) is 0 Å². The zero-order valence-electron chi connectivity index (χ0n) is 14.8. The number of carbonyl (C=O) groups is 1. The minimum atomic E-state index is -0.510. The minimum absolute atomic E-state index is 0.158. The first-order chi connectivity index (χ1) is 11.4. The van der Waals surface area contributed by atoms with Gasteiger partial charge < -0.3 is 10.5 Å². The van der Waals surface area contributed by atoms with E-state index in [1.54, 1.807) is 0 Å². The average Bonchev–Trinajstić information content (AvgIpc) is 2.53. The highest BCUT2D eigenvalue weighted by molar-refractivity contribution is 6.32. The van der Waals surface area contributed by atoms with Gasteiger partial charge in [0.2, 0.25) is 0 Å². The quantitative estimate of drug-likeness (QED) is 0.818. The number of piperazine rings is 1. The normalized spacial score (nSPS) is 19.6. The number of hydrogen-bond acceptors (Lipinski definition) is 4. The maximum atomic E-state index is 10.8. The van der Waals surface area contributed by atoms with Crippen LogP contribution in [0, 0.1) is 0 Å². The number of amides is 1. The van der Waals surface area contributed by atoms with Gasteiger partial charge in [-0.25, -0.2) is 0 Å². The van der Waals surface area contributed by atoms with E-state index in [4.69, 9.17) is 22.1 Å². The molecule has 1 aliphatic rings. The lowest BCUT2D eigenvalue weighted by molar-refractivity contribution is -0.119. The molecule has 0 spiro atoms. The molecule has 1 atom stereocenters. The third-order valence-corrected chi connectivity index (χ3v) is 4.81. The standard InChI is InChI=1S/C18H28ClN3O2/c1-4-15-11-21(7-8-22(15)13(2)3)10-14-5-6-17(16(19)9-14)24-12-18(20)23/h5-6,9,13,15H,4,7-8,10-12H2,1-3H3,(H2,20,23)/t15-/m0/s1. The Morgan fingerprint density at radius 2 is 2.17 bits per heavy atom. The van der Waals surface area contributed by atoms with Gasteiger partial charge in [-0.3, -0.25) is 14.6 Å². The Bertz CT molecular complexity index is 565. The molecule has 0 aliphatic carbocycles. The number of nitrogens with zero attached hydrogens (tertiary/aromatic N) is 2. The molecule has 5 nitrogen and oxygen atoms in total. The highest BCUT2D eigenvalue weighted by Crippen LogP contribution is 2.26. The van der Waals surface area contributed by atoms with Crippen LogP contribution >= 0.6 is 11.6 Å². The van der Waals surface area contributed by atoms with Crippen molar-refractivity contribution in [3.8, 4) is 5.75 Å². The fraction of sp³-hybridized carbons (Fsp3) is 0.611. The second-order valence-corrected chi connectivity index (χ2v) is 7.06. The fourth-order valence-electron chi connectivity index (χ4n) is 3.29. The molecule has 1 saturated heterocycles. The van der Waals surface area contributed by atoms with E-state index in [0.29, 0.717) is 22.9 Å². The monoisotopic (exact) mass is 353 g/mol. The summed E-state index contributed by atoms with van der Waals surface area (Å²) in [5, 5.41) is 0.515. The fourth-order valence-corrected chi connectivity index (χ4v) is 3.55. The highest BCUT2D eigenvalue weighted by Gasteiger charge is 2.27. The van der Waals surface area contributed by atoms with Crippen LogP contribution in [0.15, 0.2) is 18.2 Å². The summed E-state index contributed by atoms with van der Waals surface area (Å²) in [4.78, 5) is 15.9. The van der Waals surface area contributed by atoms with E-state index < -0.39 is 5.91 Å². The van der Waals surface area contributed by atoms with E-state index in [-0.39, 0.29) is 6.61 Å². The molecular formula is C18H28ClN3O2. The van der Waals surface area contributed by atoms with E-state index in [0.717, 1.165) is 38.2 Å². The van der Waals surface area contributed by atoms with Gasteiger partial charge in [0.25, 0.3) is 5.91 Å². The lowest BCUT2D eigenvalue weighted by atomic mass is 10.1. The van der Waals surface area contributed by atoms with Crippen LogP contribution in [-0.2, 0) is 11.3 Å². The van der Waals surface area contributed by atoms with Crippen molar-refractivity contribution in [3.05, 3.63) is 28.8 Å². The van der Waals surface area contributed by atoms with E-state index in [1.165, 1.54) is 0 Å². The molecule has 6 heteroatoms. The topological polar surface area (TPSA) is 58.8 Å². The van der Waals surface area contributed by atoms with Crippen molar-refractivity contribution >= 4 is 17.5 Å². The summed E-state index contributed by atoms with van der Waals surface area (Å²) in [7, 11) is 0. The summed E-state index contributed by atoms with van der Waals surface area (Å²) >= 11 is 6.25. The average molecular weight is 354 g/mol. The number of benzene rings is 1. The molecule has 0 radical (unpaired) electrons. The van der Waals surface area contributed by atoms with Gasteiger partial charge in [-0.1, -0.05) is 24.6 Å². The molecule has 134 valence electrons. The van der Waals surface area contributed by atoms with Crippen molar-refractivity contribution in [2.24, 2.45) is 5.73 Å². The number of hydrogen-bond donors (Lipinski definition) is 1. The third kappa shape index (κ3) is 5.10. The predicted octanol–water partition coefficient (Wildman–Crippen LogP) is 2.51. The zero-order valence-corrected chi connectivity index (χ0v) is 15.6. The van der Waals surface area contributed by atoms with E-state index in [1.807, 2.05) is 18.2 Å². The summed E-state index contributed by atoms with van der Waals surface area (Å²) < 4.78 is 5.29. The summed E-state index contributed by atoms with van der Waals surface area (Å²) in [5.74, 6) is -0.0148. The van der Waals surface area contributed by atoms with E-state index >= 15 is 0 Å². The molecule has 1 fully saturated rings. The Labute approximate surface area is 149 Å². The van der Waals surface area contributed by atoms with Gasteiger partial charge in [0.15, 0.2) is 6.61 Å². The molecule has 2 N–H and O–H groups in total. The van der Waals surface area contributed by atoms with Crippen molar-refractivity contribution in [1.82, 2.24) is 9.80 Å². The Morgan fingerprint density at radius 1 is 1.42 bits per heavy atom. The molecule has 1 heterocycles. The first kappa shape index (κ1) is 19.0. The van der Waals surface area contributed by atoms with Gasteiger partial charge in [-0.15, -0.1) is 0 Å². The second-order valence-electron chi connectivity index (χ2n) is 6.65. The van der Waals surface area contributed by atoms with Crippen molar-refractivity contribution in [2.75, 3.05) is 26.2 Å². The molecule has 0 bridgehead atoms. The van der Waals surface area contributed by atoms with Crippen molar-refractivity contribution < 1.29 is 9.53 Å². The SMILES string of the molecule is CC[C@H]1CN(Cc2ccc(OCC(N)=O)c(Cl)c2)CCN1C(C)C. The molecule has 1 aromatic rings. The van der Waals surface area contributed by atoms with Crippen LogP contribution in [0.25, 0.3) is 0 Å². The maximum Gasteiger partial charge on any atom is 0.255 e. The Morgan fingerprint density at radius 3 is 2.75 bits per heavy atom. The molecule has 0 saturated carbocycles. The van der Waals surface area contributed by atoms with Crippen LogP contribution in [0.2, 0.25) is 5.02 Å². The molecular weight excluding hydrogens is 326 g/mol. The Balaban J connectivity index is 1.96. The van der Waals surface area contributed by atoms with Gasteiger partial charge in [0.1, 0.15) is 5.75 Å². The second kappa shape index (κ2) is 8.70. The van der Waals surface area contributed by atoms with Gasteiger partial charge in [0, 0.05) is 38.3 Å². The molecule has 2 rings (SSSR count). The number of carbonyl (C=O) groups excluding carboxylic acids is 1. The Kier molecular flexibility index (Phi) is 6.90. The van der Waals surface area contributed by atoms with Crippen LogP contribution in [-0.4, -0.2) is 54.0 Å². The summed E-state index contributed by atoms with van der Waals surface area (Å²) in [6.07, 6.45) is 1.16. The molecule has 0 unspecified atom stereocenters. The zero-order chi connectivity index (χ0) is 17.7. The van der Waals surface area contributed by atoms with Crippen LogP contribution < -0.4 is 10.5 Å². The van der Waals surface area contributed by atoms with Crippen molar-refractivity contribution in [1.29, 1.82) is 0 Å². The van der Waals surface area contributed by atoms with Gasteiger partial charge >= 0.3 is 0 Å². The molecule has 0 aromatic heterocycles. The maximum absolute atomic E-state index is 10.8. The van der Waals surface area contributed by atoms with Gasteiger partial charge in [-0.05, 0) is 38.0 Å². The number of ether oxygens (including phenoxy) is 1. The first-order valence-corrected chi connectivity index (χ1v) is 8.96. The molecule has 24 heavy (non-hydrogen) atoms. The number of nitrogens with two attached hydrogens (primary N) is 1. The summed E-state index contributed by atoms with van der Waals surface area (Å²) in [5.41, 5.74) is 6.24. The first-order valence-electron chi connectivity index (χ1n) is 8.58. The molecule has 1 amide bonds.